The molecule has 2 N–H and O–H groups in total. The fourth-order valence-corrected chi connectivity index (χ4v) is 3.36. The molecule has 2 aromatic rings. The van der Waals surface area contributed by atoms with Crippen molar-refractivity contribution in [3.05, 3.63) is 58.6 Å². The molecule has 0 aliphatic rings. The van der Waals surface area contributed by atoms with Crippen molar-refractivity contribution in [2.75, 3.05) is 5.73 Å². The summed E-state index contributed by atoms with van der Waals surface area (Å²) in [6.45, 7) is 0. The van der Waals surface area contributed by atoms with Gasteiger partial charge in [0.1, 0.15) is 16.5 Å². The molecule has 0 aliphatic heterocycles. The molecule has 2 aromatic carbocycles. The van der Waals surface area contributed by atoms with E-state index < -0.39 is 32.1 Å². The molecule has 3 nitrogen and oxygen atoms in total. The smallest absolute Gasteiger partial charge is 0.185 e. The summed E-state index contributed by atoms with van der Waals surface area (Å²) < 4.78 is 50.9. The highest BCUT2D eigenvalue weighted by molar-refractivity contribution is 7.90. The highest BCUT2D eigenvalue weighted by Gasteiger charge is 2.21. The van der Waals surface area contributed by atoms with E-state index in [9.17, 15) is 17.2 Å². The minimum atomic E-state index is -4.06. The van der Waals surface area contributed by atoms with Crippen LogP contribution in [0.25, 0.3) is 0 Å². The van der Waals surface area contributed by atoms with Gasteiger partial charge >= 0.3 is 0 Å². The zero-order valence-corrected chi connectivity index (χ0v) is 11.7. The van der Waals surface area contributed by atoms with Crippen molar-refractivity contribution in [1.82, 2.24) is 0 Å². The zero-order valence-electron chi connectivity index (χ0n) is 10.1. The second-order valence-corrected chi connectivity index (χ2v) is 6.57. The van der Waals surface area contributed by atoms with Crippen LogP contribution in [0.2, 0.25) is 5.02 Å². The molecule has 2 rings (SSSR count). The Morgan fingerprint density at radius 1 is 1.10 bits per heavy atom. The lowest BCUT2D eigenvalue weighted by molar-refractivity contribution is 0.553. The molecule has 0 saturated carbocycles. The second-order valence-electron chi connectivity index (χ2n) is 4.18. The molecule has 0 aliphatic carbocycles. The van der Waals surface area contributed by atoms with E-state index in [-0.39, 0.29) is 11.3 Å². The molecule has 0 heterocycles. The maximum atomic E-state index is 13.5. The number of sulfone groups is 1. The molecule has 20 heavy (non-hydrogen) atoms. The van der Waals surface area contributed by atoms with E-state index in [1.807, 2.05) is 0 Å². The minimum Gasteiger partial charge on any atom is -0.398 e. The lowest BCUT2D eigenvalue weighted by Crippen LogP contribution is -2.09. The number of anilines is 1. The van der Waals surface area contributed by atoms with Crippen molar-refractivity contribution < 1.29 is 17.2 Å². The van der Waals surface area contributed by atoms with Crippen LogP contribution < -0.4 is 5.73 Å². The van der Waals surface area contributed by atoms with E-state index in [1.54, 1.807) is 0 Å². The predicted molar refractivity (Wildman–Crippen MR) is 73.1 cm³/mol. The topological polar surface area (TPSA) is 60.2 Å². The maximum Gasteiger partial charge on any atom is 0.185 e. The van der Waals surface area contributed by atoms with Gasteiger partial charge < -0.3 is 5.73 Å². The first-order chi connectivity index (χ1) is 9.29. The summed E-state index contributed by atoms with van der Waals surface area (Å²) in [6.07, 6.45) is 0. The van der Waals surface area contributed by atoms with Crippen LogP contribution in [0.1, 0.15) is 5.56 Å². The first-order valence-corrected chi connectivity index (χ1v) is 7.54. The first-order valence-electron chi connectivity index (χ1n) is 5.51. The van der Waals surface area contributed by atoms with E-state index >= 15 is 0 Å². The summed E-state index contributed by atoms with van der Waals surface area (Å²) in [4.78, 5) is -0.697. The van der Waals surface area contributed by atoms with Crippen LogP contribution >= 0.6 is 11.6 Å². The average molecular weight is 318 g/mol. The standard InChI is InChI=1S/C13H10ClF2NO2S/c14-9-1-4-12(17)8(5-9)7-20(18,19)13-6-10(15)2-3-11(13)16/h1-6H,7,17H2. The van der Waals surface area contributed by atoms with Gasteiger partial charge in [-0.15, -0.1) is 0 Å². The normalized spacial score (nSPS) is 11.6. The molecule has 0 unspecified atom stereocenters. The van der Waals surface area contributed by atoms with Crippen LogP contribution in [0, 0.1) is 11.6 Å². The molecule has 0 bridgehead atoms. The largest absolute Gasteiger partial charge is 0.398 e. The molecule has 7 heteroatoms. The van der Waals surface area contributed by atoms with Crippen LogP contribution in [0.5, 0.6) is 0 Å². The molecular weight excluding hydrogens is 308 g/mol. The lowest BCUT2D eigenvalue weighted by Gasteiger charge is -2.08. The third kappa shape index (κ3) is 3.08. The summed E-state index contributed by atoms with van der Waals surface area (Å²) in [5.41, 5.74) is 6.11. The van der Waals surface area contributed by atoms with Gasteiger partial charge in [-0.1, -0.05) is 11.6 Å². The van der Waals surface area contributed by atoms with E-state index in [0.29, 0.717) is 11.1 Å². The predicted octanol–water partition coefficient (Wildman–Crippen LogP) is 3.17. The highest BCUT2D eigenvalue weighted by Crippen LogP contribution is 2.25. The van der Waals surface area contributed by atoms with Gasteiger partial charge in [-0.3, -0.25) is 0 Å². The SMILES string of the molecule is Nc1ccc(Cl)cc1CS(=O)(=O)c1cc(F)ccc1F. The summed E-state index contributed by atoms with van der Waals surface area (Å²) in [7, 11) is -4.06. The van der Waals surface area contributed by atoms with Crippen LogP contribution in [0.4, 0.5) is 14.5 Å². The Balaban J connectivity index is 2.46. The fourth-order valence-electron chi connectivity index (χ4n) is 1.70. The number of benzene rings is 2. The third-order valence-electron chi connectivity index (χ3n) is 2.68. The molecule has 0 saturated heterocycles. The van der Waals surface area contributed by atoms with E-state index in [1.165, 1.54) is 18.2 Å². The minimum absolute atomic E-state index is 0.217. The Bertz CT molecular complexity index is 763. The Morgan fingerprint density at radius 2 is 1.80 bits per heavy atom. The van der Waals surface area contributed by atoms with Gasteiger partial charge in [0.25, 0.3) is 0 Å². The van der Waals surface area contributed by atoms with Crippen molar-refractivity contribution in [1.29, 1.82) is 0 Å². The number of nitrogen functional groups attached to an aromatic ring is 1. The number of halogens is 3. The number of hydrogen-bond acceptors (Lipinski definition) is 3. The van der Waals surface area contributed by atoms with Gasteiger partial charge in [-0.05, 0) is 42.0 Å². The van der Waals surface area contributed by atoms with Crippen LogP contribution in [-0.2, 0) is 15.6 Å². The number of rotatable bonds is 3. The quantitative estimate of drug-likeness (QED) is 0.884. The van der Waals surface area contributed by atoms with Gasteiger partial charge in [-0.25, -0.2) is 17.2 Å². The maximum absolute atomic E-state index is 13.5. The zero-order chi connectivity index (χ0) is 14.9. The van der Waals surface area contributed by atoms with Gasteiger partial charge in [-0.2, -0.15) is 0 Å². The summed E-state index contributed by atoms with van der Waals surface area (Å²) in [5.74, 6) is -2.39. The van der Waals surface area contributed by atoms with Crippen LogP contribution in [-0.4, -0.2) is 8.42 Å². The third-order valence-corrected chi connectivity index (χ3v) is 4.59. The highest BCUT2D eigenvalue weighted by atomic mass is 35.5. The van der Waals surface area contributed by atoms with E-state index in [4.69, 9.17) is 17.3 Å². The molecule has 0 amide bonds. The Morgan fingerprint density at radius 3 is 2.50 bits per heavy atom. The Labute approximate surface area is 119 Å². The van der Waals surface area contributed by atoms with Gasteiger partial charge in [0.2, 0.25) is 0 Å². The van der Waals surface area contributed by atoms with Crippen LogP contribution in [0.15, 0.2) is 41.3 Å². The summed E-state index contributed by atoms with van der Waals surface area (Å²) in [5, 5.41) is 0.309. The van der Waals surface area contributed by atoms with Crippen molar-refractivity contribution in [2.45, 2.75) is 10.6 Å². The first kappa shape index (κ1) is 14.7. The average Bonchev–Trinajstić information content (AvgIpc) is 2.36. The number of hydrogen-bond donors (Lipinski definition) is 1. The van der Waals surface area contributed by atoms with Crippen molar-refractivity contribution in [3.63, 3.8) is 0 Å². The summed E-state index contributed by atoms with van der Waals surface area (Å²) in [6, 6.07) is 6.60. The molecule has 0 radical (unpaired) electrons. The molecule has 0 fully saturated rings. The lowest BCUT2D eigenvalue weighted by atomic mass is 10.2. The van der Waals surface area contributed by atoms with E-state index in [0.717, 1.165) is 12.1 Å². The van der Waals surface area contributed by atoms with Crippen molar-refractivity contribution in [2.24, 2.45) is 0 Å². The monoisotopic (exact) mass is 317 g/mol. The van der Waals surface area contributed by atoms with Gasteiger partial charge in [0.05, 0.1) is 5.75 Å². The fraction of sp³-hybridized carbons (Fsp3) is 0.0769. The molecule has 0 aromatic heterocycles. The van der Waals surface area contributed by atoms with Crippen molar-refractivity contribution in [3.8, 4) is 0 Å². The molecule has 0 atom stereocenters. The van der Waals surface area contributed by atoms with Crippen LogP contribution in [0.3, 0.4) is 0 Å². The van der Waals surface area contributed by atoms with E-state index in [2.05, 4.69) is 0 Å². The Hall–Kier alpha value is -1.66. The van der Waals surface area contributed by atoms with Crippen molar-refractivity contribution >= 4 is 27.1 Å². The molecule has 106 valence electrons. The second kappa shape index (κ2) is 5.38. The Kier molecular flexibility index (Phi) is 3.96. The molecule has 0 spiro atoms. The molecular formula is C13H10ClF2NO2S. The van der Waals surface area contributed by atoms with Gasteiger partial charge in [0.15, 0.2) is 9.84 Å². The summed E-state index contributed by atoms with van der Waals surface area (Å²) >= 11 is 5.76. The van der Waals surface area contributed by atoms with Gasteiger partial charge in [0, 0.05) is 10.7 Å². The number of nitrogens with two attached hydrogens (primary N) is 1.